The quantitative estimate of drug-likeness (QED) is 0.585. The zero-order chi connectivity index (χ0) is 10.3. The Hall–Kier alpha value is -0.0151. The van der Waals surface area contributed by atoms with Gasteiger partial charge in [0.1, 0.15) is 0 Å². The van der Waals surface area contributed by atoms with Crippen LogP contribution in [0.1, 0.15) is 41.0 Å². The lowest BCUT2D eigenvalue weighted by Gasteiger charge is -2.42. The Balaban J connectivity index is 2.69. The molecule has 0 radical (unpaired) electrons. The third-order valence-electron chi connectivity index (χ3n) is 2.90. The molecule has 3 heteroatoms. The molecule has 1 aliphatic rings. The van der Waals surface area contributed by atoms with E-state index in [2.05, 4.69) is 20.8 Å². The summed E-state index contributed by atoms with van der Waals surface area (Å²) in [6, 6.07) is 0. The number of hydrogen-bond donors (Lipinski definition) is 1. The Bertz CT molecular complexity index is 184. The van der Waals surface area contributed by atoms with Crippen molar-refractivity contribution >= 4 is 7.12 Å². The first-order valence-corrected chi connectivity index (χ1v) is 5.06. The van der Waals surface area contributed by atoms with Gasteiger partial charge in [-0.25, -0.2) is 0 Å². The monoisotopic (exact) mass is 184 g/mol. The molecule has 1 unspecified atom stereocenters. The second-order valence-corrected chi connectivity index (χ2v) is 5.83. The fourth-order valence-electron chi connectivity index (χ4n) is 2.04. The molecule has 0 amide bonds. The minimum Gasteiger partial charge on any atom is -0.427 e. The molecule has 76 valence electrons. The summed E-state index contributed by atoms with van der Waals surface area (Å²) in [5.41, 5.74) is 0.0949. The van der Waals surface area contributed by atoms with E-state index in [1.807, 2.05) is 13.8 Å². The first-order valence-electron chi connectivity index (χ1n) is 5.06. The molecule has 2 nitrogen and oxygen atoms in total. The predicted octanol–water partition coefficient (Wildman–Crippen LogP) is 2.33. The Labute approximate surface area is 81.8 Å². The molecule has 13 heavy (non-hydrogen) atoms. The smallest absolute Gasteiger partial charge is 0.427 e. The van der Waals surface area contributed by atoms with Crippen LogP contribution in [0, 0.1) is 11.3 Å². The van der Waals surface area contributed by atoms with E-state index < -0.39 is 7.12 Å². The highest BCUT2D eigenvalue weighted by atomic mass is 16.5. The summed E-state index contributed by atoms with van der Waals surface area (Å²) in [4.78, 5) is 0. The lowest BCUT2D eigenvalue weighted by Crippen LogP contribution is -2.45. The van der Waals surface area contributed by atoms with Crippen molar-refractivity contribution in [2.75, 3.05) is 0 Å². The molecule has 1 rings (SSSR count). The largest absolute Gasteiger partial charge is 0.454 e. The number of hydrogen-bond acceptors (Lipinski definition) is 2. The van der Waals surface area contributed by atoms with Gasteiger partial charge in [0, 0.05) is 5.60 Å². The molecule has 1 atom stereocenters. The predicted molar refractivity (Wildman–Crippen MR) is 55.5 cm³/mol. The highest BCUT2D eigenvalue weighted by molar-refractivity contribution is 6.43. The molecule has 0 bridgehead atoms. The lowest BCUT2D eigenvalue weighted by molar-refractivity contribution is 0.00901. The average molecular weight is 184 g/mol. The topological polar surface area (TPSA) is 29.5 Å². The molecule has 1 saturated heterocycles. The van der Waals surface area contributed by atoms with Crippen LogP contribution < -0.4 is 0 Å². The molecule has 1 fully saturated rings. The van der Waals surface area contributed by atoms with Crippen LogP contribution in [0.3, 0.4) is 0 Å². The fraction of sp³-hybridized carbons (Fsp3) is 1.00. The van der Waals surface area contributed by atoms with E-state index in [4.69, 9.17) is 4.65 Å². The molecule has 0 saturated carbocycles. The zero-order valence-corrected chi connectivity index (χ0v) is 9.42. The second kappa shape index (κ2) is 3.28. The maximum atomic E-state index is 9.56. The van der Waals surface area contributed by atoms with Gasteiger partial charge < -0.3 is 9.68 Å². The summed E-state index contributed by atoms with van der Waals surface area (Å²) in [6.07, 6.45) is 1.81. The van der Waals surface area contributed by atoms with Gasteiger partial charge in [-0.1, -0.05) is 20.8 Å². The van der Waals surface area contributed by atoms with E-state index in [0.29, 0.717) is 5.92 Å². The van der Waals surface area contributed by atoms with Gasteiger partial charge in [0.05, 0.1) is 0 Å². The Morgan fingerprint density at radius 3 is 2.31 bits per heavy atom. The average Bonchev–Trinajstić information content (AvgIpc) is 1.79. The van der Waals surface area contributed by atoms with Gasteiger partial charge in [-0.05, 0) is 37.9 Å². The van der Waals surface area contributed by atoms with E-state index in [1.165, 1.54) is 0 Å². The van der Waals surface area contributed by atoms with Crippen molar-refractivity contribution in [1.29, 1.82) is 0 Å². The van der Waals surface area contributed by atoms with Gasteiger partial charge >= 0.3 is 7.12 Å². The summed E-state index contributed by atoms with van der Waals surface area (Å²) in [5.74, 6) is 0.547. The molecule has 0 spiro atoms. The molecule has 1 N–H and O–H groups in total. The normalized spacial score (nSPS) is 29.1. The molecule has 0 aromatic rings. The lowest BCUT2D eigenvalue weighted by atomic mass is 9.61. The van der Waals surface area contributed by atoms with Gasteiger partial charge in [-0.3, -0.25) is 0 Å². The van der Waals surface area contributed by atoms with Gasteiger partial charge in [0.2, 0.25) is 0 Å². The van der Waals surface area contributed by atoms with Gasteiger partial charge in [-0.15, -0.1) is 0 Å². The first kappa shape index (κ1) is 11.1. The maximum Gasteiger partial charge on any atom is 0.454 e. The first-order chi connectivity index (χ1) is 5.71. The van der Waals surface area contributed by atoms with Gasteiger partial charge in [-0.2, -0.15) is 0 Å². The highest BCUT2D eigenvalue weighted by Gasteiger charge is 2.41. The standard InChI is InChI=1S/C10H21BO2/c1-9(2,3)8-6-10(4,5)13-11(12)7-8/h8,12H,6-7H2,1-5H3. The van der Waals surface area contributed by atoms with E-state index in [-0.39, 0.29) is 11.0 Å². The van der Waals surface area contributed by atoms with Crippen molar-refractivity contribution in [1.82, 2.24) is 0 Å². The van der Waals surface area contributed by atoms with Crippen LogP contribution in [0.15, 0.2) is 0 Å². The Morgan fingerprint density at radius 1 is 1.38 bits per heavy atom. The van der Waals surface area contributed by atoms with Crippen LogP contribution in [-0.2, 0) is 4.65 Å². The van der Waals surface area contributed by atoms with Gasteiger partial charge in [0.15, 0.2) is 0 Å². The van der Waals surface area contributed by atoms with Crippen molar-refractivity contribution in [2.24, 2.45) is 11.3 Å². The molecule has 0 aromatic carbocycles. The van der Waals surface area contributed by atoms with Crippen LogP contribution >= 0.6 is 0 Å². The third kappa shape index (κ3) is 2.99. The summed E-state index contributed by atoms with van der Waals surface area (Å²) < 4.78 is 5.45. The third-order valence-corrected chi connectivity index (χ3v) is 2.90. The van der Waals surface area contributed by atoms with Crippen LogP contribution in [-0.4, -0.2) is 17.7 Å². The van der Waals surface area contributed by atoms with E-state index >= 15 is 0 Å². The summed E-state index contributed by atoms with van der Waals surface area (Å²) >= 11 is 0. The van der Waals surface area contributed by atoms with Crippen molar-refractivity contribution in [2.45, 2.75) is 53.0 Å². The summed E-state index contributed by atoms with van der Waals surface area (Å²) in [5, 5.41) is 9.56. The van der Waals surface area contributed by atoms with E-state index in [1.54, 1.807) is 0 Å². The Morgan fingerprint density at radius 2 is 1.92 bits per heavy atom. The molecule has 1 aliphatic heterocycles. The fourth-order valence-corrected chi connectivity index (χ4v) is 2.04. The molecule has 0 aliphatic carbocycles. The van der Waals surface area contributed by atoms with Crippen LogP contribution in [0.2, 0.25) is 6.32 Å². The van der Waals surface area contributed by atoms with Crippen LogP contribution in [0.4, 0.5) is 0 Å². The SMILES string of the molecule is CC1(C)CC(C(C)(C)C)CB(O)O1. The van der Waals surface area contributed by atoms with Crippen molar-refractivity contribution in [3.63, 3.8) is 0 Å². The van der Waals surface area contributed by atoms with Gasteiger partial charge in [0.25, 0.3) is 0 Å². The van der Waals surface area contributed by atoms with E-state index in [0.717, 1.165) is 12.7 Å². The van der Waals surface area contributed by atoms with Crippen molar-refractivity contribution < 1.29 is 9.68 Å². The molecular weight excluding hydrogens is 163 g/mol. The van der Waals surface area contributed by atoms with E-state index in [9.17, 15) is 5.02 Å². The molecule has 1 heterocycles. The maximum absolute atomic E-state index is 9.56. The summed E-state index contributed by atoms with van der Waals surface area (Å²) in [6.45, 7) is 10.8. The Kier molecular flexibility index (Phi) is 2.79. The van der Waals surface area contributed by atoms with Crippen molar-refractivity contribution in [3.8, 4) is 0 Å². The minimum atomic E-state index is -0.576. The second-order valence-electron chi connectivity index (χ2n) is 5.83. The van der Waals surface area contributed by atoms with Crippen LogP contribution in [0.25, 0.3) is 0 Å². The summed E-state index contributed by atoms with van der Waals surface area (Å²) in [7, 11) is -0.576. The number of rotatable bonds is 0. The van der Waals surface area contributed by atoms with Crippen LogP contribution in [0.5, 0.6) is 0 Å². The highest BCUT2D eigenvalue weighted by Crippen LogP contribution is 2.40. The van der Waals surface area contributed by atoms with Crippen molar-refractivity contribution in [3.05, 3.63) is 0 Å². The minimum absolute atomic E-state index is 0.171. The zero-order valence-electron chi connectivity index (χ0n) is 9.42. The molecular formula is C10H21BO2. The molecule has 0 aromatic heterocycles.